The van der Waals surface area contributed by atoms with E-state index in [1.54, 1.807) is 12.1 Å². The zero-order valence-electron chi connectivity index (χ0n) is 10.9. The van der Waals surface area contributed by atoms with Crippen molar-refractivity contribution in [2.75, 3.05) is 11.9 Å². The third-order valence-electron chi connectivity index (χ3n) is 2.71. The van der Waals surface area contributed by atoms with Crippen LogP contribution in [0.3, 0.4) is 0 Å². The second-order valence-corrected chi connectivity index (χ2v) is 4.59. The van der Waals surface area contributed by atoms with Crippen LogP contribution in [0, 0.1) is 11.6 Å². The van der Waals surface area contributed by atoms with Gasteiger partial charge in [0.1, 0.15) is 5.75 Å². The van der Waals surface area contributed by atoms with Crippen molar-refractivity contribution in [1.29, 1.82) is 0 Å². The molecule has 0 aromatic heterocycles. The van der Waals surface area contributed by atoms with E-state index in [1.165, 1.54) is 12.1 Å². The highest BCUT2D eigenvalue weighted by molar-refractivity contribution is 6.32. The maximum Gasteiger partial charge on any atom is 0.159 e. The highest BCUT2D eigenvalue weighted by Gasteiger charge is 2.04. The third kappa shape index (κ3) is 3.61. The van der Waals surface area contributed by atoms with Crippen molar-refractivity contribution >= 4 is 17.3 Å². The van der Waals surface area contributed by atoms with E-state index in [-0.39, 0.29) is 0 Å². The number of anilines is 1. The van der Waals surface area contributed by atoms with Crippen LogP contribution in [0.15, 0.2) is 36.4 Å². The molecule has 2 nitrogen and oxygen atoms in total. The van der Waals surface area contributed by atoms with Crippen LogP contribution in [0.25, 0.3) is 0 Å². The molecule has 0 aliphatic carbocycles. The van der Waals surface area contributed by atoms with Crippen LogP contribution in [0.2, 0.25) is 5.02 Å². The van der Waals surface area contributed by atoms with E-state index in [0.29, 0.717) is 29.5 Å². The normalized spacial score (nSPS) is 10.4. The number of rotatable bonds is 5. The third-order valence-corrected chi connectivity index (χ3v) is 3.01. The minimum Gasteiger partial charge on any atom is -0.492 e. The first-order chi connectivity index (χ1) is 9.60. The Morgan fingerprint density at radius 2 is 1.90 bits per heavy atom. The van der Waals surface area contributed by atoms with E-state index in [9.17, 15) is 8.78 Å². The van der Waals surface area contributed by atoms with Gasteiger partial charge in [0.25, 0.3) is 0 Å². The van der Waals surface area contributed by atoms with Gasteiger partial charge in [-0.1, -0.05) is 17.7 Å². The SMILES string of the molecule is CCOc1ccc(NCc2ccc(F)c(F)c2)cc1Cl. The number of nitrogens with one attached hydrogen (secondary N) is 1. The Labute approximate surface area is 121 Å². The van der Waals surface area contributed by atoms with Crippen molar-refractivity contribution in [1.82, 2.24) is 0 Å². The lowest BCUT2D eigenvalue weighted by molar-refractivity contribution is 0.340. The Balaban J connectivity index is 2.03. The number of benzene rings is 2. The fourth-order valence-electron chi connectivity index (χ4n) is 1.74. The molecule has 0 spiro atoms. The molecule has 0 aliphatic rings. The topological polar surface area (TPSA) is 21.3 Å². The molecule has 0 unspecified atom stereocenters. The summed E-state index contributed by atoms with van der Waals surface area (Å²) in [6.07, 6.45) is 0. The zero-order chi connectivity index (χ0) is 14.5. The summed E-state index contributed by atoms with van der Waals surface area (Å²) in [4.78, 5) is 0. The van der Waals surface area contributed by atoms with Gasteiger partial charge < -0.3 is 10.1 Å². The molecule has 106 valence electrons. The van der Waals surface area contributed by atoms with Crippen LogP contribution >= 0.6 is 11.6 Å². The van der Waals surface area contributed by atoms with E-state index >= 15 is 0 Å². The molecule has 0 fully saturated rings. The quantitative estimate of drug-likeness (QED) is 0.869. The Bertz CT molecular complexity index is 604. The predicted molar refractivity (Wildman–Crippen MR) is 76.3 cm³/mol. The van der Waals surface area contributed by atoms with E-state index in [4.69, 9.17) is 16.3 Å². The minimum absolute atomic E-state index is 0.376. The molecular formula is C15H14ClF2NO. The molecule has 0 amide bonds. The van der Waals surface area contributed by atoms with E-state index < -0.39 is 11.6 Å². The van der Waals surface area contributed by atoms with Crippen LogP contribution in [0.4, 0.5) is 14.5 Å². The standard InChI is InChI=1S/C15H14ClF2NO/c1-2-20-15-6-4-11(8-12(15)16)19-9-10-3-5-13(17)14(18)7-10/h3-8,19H,2,9H2,1H3. The van der Waals surface area contributed by atoms with Crippen molar-refractivity contribution < 1.29 is 13.5 Å². The van der Waals surface area contributed by atoms with E-state index in [2.05, 4.69) is 5.32 Å². The first-order valence-electron chi connectivity index (χ1n) is 6.20. The van der Waals surface area contributed by atoms with Crippen molar-refractivity contribution in [3.63, 3.8) is 0 Å². The summed E-state index contributed by atoms with van der Waals surface area (Å²) in [5.74, 6) is -1.08. The second kappa shape index (κ2) is 6.57. The highest BCUT2D eigenvalue weighted by atomic mass is 35.5. The van der Waals surface area contributed by atoms with Crippen molar-refractivity contribution in [2.45, 2.75) is 13.5 Å². The molecule has 0 heterocycles. The smallest absolute Gasteiger partial charge is 0.159 e. The Morgan fingerprint density at radius 1 is 1.10 bits per heavy atom. The van der Waals surface area contributed by atoms with Gasteiger partial charge in [-0.15, -0.1) is 0 Å². The fraction of sp³-hybridized carbons (Fsp3) is 0.200. The van der Waals surface area contributed by atoms with Gasteiger partial charge >= 0.3 is 0 Å². The second-order valence-electron chi connectivity index (χ2n) is 4.18. The minimum atomic E-state index is -0.853. The van der Waals surface area contributed by atoms with Gasteiger partial charge in [-0.25, -0.2) is 8.78 Å². The van der Waals surface area contributed by atoms with Gasteiger partial charge in [0.15, 0.2) is 11.6 Å². The van der Waals surface area contributed by atoms with Gasteiger partial charge in [0.05, 0.1) is 11.6 Å². The molecule has 0 aliphatic heterocycles. The zero-order valence-corrected chi connectivity index (χ0v) is 11.7. The average Bonchev–Trinajstić information content (AvgIpc) is 2.43. The summed E-state index contributed by atoms with van der Waals surface area (Å²) < 4.78 is 31.2. The molecule has 2 aromatic carbocycles. The lowest BCUT2D eigenvalue weighted by Crippen LogP contribution is -2.01. The molecule has 5 heteroatoms. The van der Waals surface area contributed by atoms with E-state index in [1.807, 2.05) is 13.0 Å². The predicted octanol–water partition coefficient (Wildman–Crippen LogP) is 4.63. The van der Waals surface area contributed by atoms with E-state index in [0.717, 1.165) is 11.8 Å². The monoisotopic (exact) mass is 297 g/mol. The van der Waals surface area contributed by atoms with Crippen LogP contribution < -0.4 is 10.1 Å². The first-order valence-corrected chi connectivity index (χ1v) is 6.58. The molecule has 0 bridgehead atoms. The lowest BCUT2D eigenvalue weighted by atomic mass is 10.2. The molecule has 2 aromatic rings. The van der Waals surface area contributed by atoms with Crippen LogP contribution in [0.5, 0.6) is 5.75 Å². The fourth-order valence-corrected chi connectivity index (χ4v) is 1.97. The Morgan fingerprint density at radius 3 is 2.55 bits per heavy atom. The maximum absolute atomic E-state index is 13.1. The van der Waals surface area contributed by atoms with Gasteiger partial charge in [0.2, 0.25) is 0 Å². The van der Waals surface area contributed by atoms with Crippen LogP contribution in [0.1, 0.15) is 12.5 Å². The van der Waals surface area contributed by atoms with Crippen LogP contribution in [-0.2, 0) is 6.54 Å². The molecule has 0 saturated carbocycles. The highest BCUT2D eigenvalue weighted by Crippen LogP contribution is 2.27. The number of hydrogen-bond donors (Lipinski definition) is 1. The van der Waals surface area contributed by atoms with Crippen molar-refractivity contribution in [3.8, 4) is 5.75 Å². The molecule has 20 heavy (non-hydrogen) atoms. The van der Waals surface area contributed by atoms with Gasteiger partial charge in [-0.3, -0.25) is 0 Å². The number of ether oxygens (including phenoxy) is 1. The summed E-state index contributed by atoms with van der Waals surface area (Å²) in [5.41, 5.74) is 1.43. The van der Waals surface area contributed by atoms with Crippen LogP contribution in [-0.4, -0.2) is 6.61 Å². The molecule has 1 N–H and O–H groups in total. The molecule has 0 saturated heterocycles. The summed E-state index contributed by atoms with van der Waals surface area (Å²) in [6.45, 7) is 2.80. The van der Waals surface area contributed by atoms with Crippen molar-refractivity contribution in [2.24, 2.45) is 0 Å². The summed E-state index contributed by atoms with van der Waals surface area (Å²) in [6, 6.07) is 9.11. The first kappa shape index (κ1) is 14.6. The molecule has 2 rings (SSSR count). The average molecular weight is 298 g/mol. The molecular weight excluding hydrogens is 284 g/mol. The lowest BCUT2D eigenvalue weighted by Gasteiger charge is -2.10. The summed E-state index contributed by atoms with van der Waals surface area (Å²) in [7, 11) is 0. The Kier molecular flexibility index (Phi) is 4.79. The summed E-state index contributed by atoms with van der Waals surface area (Å²) >= 11 is 6.06. The molecule has 0 radical (unpaired) electrons. The number of hydrogen-bond acceptors (Lipinski definition) is 2. The number of halogens is 3. The van der Waals surface area contributed by atoms with Gasteiger partial charge in [-0.05, 0) is 42.8 Å². The largest absolute Gasteiger partial charge is 0.492 e. The summed E-state index contributed by atoms with van der Waals surface area (Å²) in [5, 5.41) is 3.59. The Hall–Kier alpha value is -1.81. The van der Waals surface area contributed by atoms with Gasteiger partial charge in [0, 0.05) is 12.2 Å². The van der Waals surface area contributed by atoms with Gasteiger partial charge in [-0.2, -0.15) is 0 Å². The van der Waals surface area contributed by atoms with Crippen molar-refractivity contribution in [3.05, 3.63) is 58.6 Å². The molecule has 0 atom stereocenters. The maximum atomic E-state index is 13.1.